The van der Waals surface area contributed by atoms with Crippen LogP contribution in [-0.4, -0.2) is 36.1 Å². The lowest BCUT2D eigenvalue weighted by molar-refractivity contribution is 0.0770. The quantitative estimate of drug-likeness (QED) is 0.228. The first-order chi connectivity index (χ1) is 18.4. The van der Waals surface area contributed by atoms with Crippen LogP contribution in [0.25, 0.3) is 10.9 Å². The van der Waals surface area contributed by atoms with E-state index in [9.17, 15) is 18.3 Å². The summed E-state index contributed by atoms with van der Waals surface area (Å²) in [6.07, 6.45) is -0.305. The fourth-order valence-corrected chi connectivity index (χ4v) is 6.32. The van der Waals surface area contributed by atoms with Crippen LogP contribution in [-0.2, 0) is 16.4 Å². The zero-order valence-corrected chi connectivity index (χ0v) is 23.5. The number of aryl methyl sites for hydroxylation is 3. The van der Waals surface area contributed by atoms with Crippen molar-refractivity contribution >= 4 is 38.2 Å². The lowest BCUT2D eigenvalue weighted by Crippen LogP contribution is -2.54. The number of fused-ring (bicyclic) bond motifs is 2. The van der Waals surface area contributed by atoms with Crippen molar-refractivity contribution in [1.82, 2.24) is 9.71 Å². The summed E-state index contributed by atoms with van der Waals surface area (Å²) >= 11 is 0. The zero-order valence-electron chi connectivity index (χ0n) is 22.7. The standard InChI is InChI=1S/C30H34N4O4S/c1-6-19-7-11-22(12-8-19)39(37,38)34-27-24-15-20(9-14-25(24)33-30(4,5)28(27)35)29(36)32-21-10-13-23-17(2)18(3)31-26(23)16-21/h7-16,27-28,31,33-35H,6H2,1-5H3,(H,32,36)/t27-,28+/m1/s1. The molecule has 0 aliphatic carbocycles. The topological polar surface area (TPSA) is 123 Å². The molecule has 0 saturated carbocycles. The normalized spacial score (nSPS) is 18.4. The summed E-state index contributed by atoms with van der Waals surface area (Å²) in [6.45, 7) is 9.67. The van der Waals surface area contributed by atoms with E-state index in [1.807, 2.05) is 39.0 Å². The SMILES string of the molecule is CCc1ccc(S(=O)(=O)N[C@@H]2c3cc(C(=O)Nc4ccc5c(C)c(C)[nH]c5c4)ccc3NC(C)(C)[C@H]2O)cc1. The molecular formula is C30H34N4O4S. The Kier molecular flexibility index (Phi) is 6.78. The van der Waals surface area contributed by atoms with Crippen LogP contribution in [0.5, 0.6) is 0 Å². The Balaban J connectivity index is 1.46. The maximum atomic E-state index is 13.3. The highest BCUT2D eigenvalue weighted by Crippen LogP contribution is 2.39. The number of anilines is 2. The molecule has 5 rings (SSSR count). The number of benzene rings is 3. The molecule has 204 valence electrons. The minimum absolute atomic E-state index is 0.115. The minimum atomic E-state index is -3.96. The second-order valence-corrected chi connectivity index (χ2v) is 12.5. The highest BCUT2D eigenvalue weighted by molar-refractivity contribution is 7.89. The van der Waals surface area contributed by atoms with Gasteiger partial charge in [-0.2, -0.15) is 0 Å². The van der Waals surface area contributed by atoms with Crippen LogP contribution < -0.4 is 15.4 Å². The smallest absolute Gasteiger partial charge is 0.255 e. The van der Waals surface area contributed by atoms with Gasteiger partial charge in [-0.1, -0.05) is 25.1 Å². The molecule has 0 fully saturated rings. The Morgan fingerprint density at radius 1 is 1.03 bits per heavy atom. The average molecular weight is 547 g/mol. The Labute approximate surface area is 228 Å². The number of hydrogen-bond donors (Lipinski definition) is 5. The number of aromatic nitrogens is 1. The van der Waals surface area contributed by atoms with Crippen molar-refractivity contribution in [3.8, 4) is 0 Å². The van der Waals surface area contributed by atoms with Gasteiger partial charge in [0.25, 0.3) is 5.91 Å². The van der Waals surface area contributed by atoms with Crippen molar-refractivity contribution in [2.75, 3.05) is 10.6 Å². The van der Waals surface area contributed by atoms with Crippen molar-refractivity contribution in [3.63, 3.8) is 0 Å². The number of sulfonamides is 1. The number of carbonyl (C=O) groups is 1. The van der Waals surface area contributed by atoms with Gasteiger partial charge < -0.3 is 20.7 Å². The number of aromatic amines is 1. The maximum absolute atomic E-state index is 13.3. The van der Waals surface area contributed by atoms with E-state index in [1.165, 1.54) is 5.56 Å². The first kappa shape index (κ1) is 26.9. The van der Waals surface area contributed by atoms with Crippen molar-refractivity contribution in [3.05, 3.63) is 88.6 Å². The Morgan fingerprint density at radius 3 is 2.44 bits per heavy atom. The minimum Gasteiger partial charge on any atom is -0.389 e. The van der Waals surface area contributed by atoms with Gasteiger partial charge in [0.2, 0.25) is 10.0 Å². The van der Waals surface area contributed by atoms with E-state index in [2.05, 4.69) is 20.3 Å². The van der Waals surface area contributed by atoms with Crippen LogP contribution in [0.4, 0.5) is 11.4 Å². The number of aliphatic hydroxyl groups is 1. The fourth-order valence-electron chi connectivity index (χ4n) is 5.10. The summed E-state index contributed by atoms with van der Waals surface area (Å²) in [5.74, 6) is -0.340. The van der Waals surface area contributed by atoms with E-state index >= 15 is 0 Å². The van der Waals surface area contributed by atoms with Gasteiger partial charge in [0.15, 0.2) is 0 Å². The summed E-state index contributed by atoms with van der Waals surface area (Å²) in [6, 6.07) is 16.5. The van der Waals surface area contributed by atoms with Gasteiger partial charge in [-0.3, -0.25) is 4.79 Å². The maximum Gasteiger partial charge on any atom is 0.255 e. The largest absolute Gasteiger partial charge is 0.389 e. The second kappa shape index (κ2) is 9.82. The van der Waals surface area contributed by atoms with Crippen LogP contribution in [0.3, 0.4) is 0 Å². The summed E-state index contributed by atoms with van der Waals surface area (Å²) in [7, 11) is -3.96. The van der Waals surface area contributed by atoms with E-state index in [4.69, 9.17) is 0 Å². The van der Waals surface area contributed by atoms with E-state index in [1.54, 1.807) is 56.3 Å². The lowest BCUT2D eigenvalue weighted by atomic mass is 9.82. The molecule has 8 nitrogen and oxygen atoms in total. The van der Waals surface area contributed by atoms with Crippen LogP contribution >= 0.6 is 0 Å². The summed E-state index contributed by atoms with van der Waals surface area (Å²) < 4.78 is 29.4. The molecule has 0 spiro atoms. The molecule has 1 aliphatic heterocycles. The highest BCUT2D eigenvalue weighted by Gasteiger charge is 2.43. The van der Waals surface area contributed by atoms with Gasteiger partial charge in [-0.05, 0) is 93.3 Å². The number of H-pyrrole nitrogens is 1. The van der Waals surface area contributed by atoms with Crippen molar-refractivity contribution in [2.24, 2.45) is 0 Å². The number of aliphatic hydroxyl groups excluding tert-OH is 1. The van der Waals surface area contributed by atoms with Crippen LogP contribution in [0.15, 0.2) is 65.6 Å². The third kappa shape index (κ3) is 5.05. The molecule has 0 saturated heterocycles. The van der Waals surface area contributed by atoms with Gasteiger partial charge in [0, 0.05) is 33.5 Å². The first-order valence-corrected chi connectivity index (χ1v) is 14.5. The second-order valence-electron chi connectivity index (χ2n) is 10.8. The molecule has 5 N–H and O–H groups in total. The lowest BCUT2D eigenvalue weighted by Gasteiger charge is -2.43. The molecule has 1 aliphatic rings. The molecule has 1 amide bonds. The van der Waals surface area contributed by atoms with Gasteiger partial charge >= 0.3 is 0 Å². The van der Waals surface area contributed by atoms with E-state index < -0.39 is 27.7 Å². The average Bonchev–Trinajstić information content (AvgIpc) is 3.18. The van der Waals surface area contributed by atoms with Crippen LogP contribution in [0, 0.1) is 13.8 Å². The number of hydrogen-bond acceptors (Lipinski definition) is 5. The van der Waals surface area contributed by atoms with Gasteiger partial charge in [-0.15, -0.1) is 0 Å². The van der Waals surface area contributed by atoms with Crippen LogP contribution in [0.1, 0.15) is 59.6 Å². The molecule has 4 aromatic rings. The molecule has 0 radical (unpaired) electrons. The molecular weight excluding hydrogens is 512 g/mol. The zero-order chi connectivity index (χ0) is 28.1. The number of amides is 1. The third-order valence-electron chi connectivity index (χ3n) is 7.65. The molecule has 0 bridgehead atoms. The van der Waals surface area contributed by atoms with E-state index in [-0.39, 0.29) is 10.8 Å². The van der Waals surface area contributed by atoms with Gasteiger partial charge in [-0.25, -0.2) is 13.1 Å². The Bertz CT molecular complexity index is 1670. The third-order valence-corrected chi connectivity index (χ3v) is 9.11. The Morgan fingerprint density at radius 2 is 1.74 bits per heavy atom. The van der Waals surface area contributed by atoms with Crippen molar-refractivity contribution < 1.29 is 18.3 Å². The van der Waals surface area contributed by atoms with E-state index in [0.29, 0.717) is 22.5 Å². The van der Waals surface area contributed by atoms with Crippen molar-refractivity contribution in [1.29, 1.82) is 0 Å². The molecule has 9 heteroatoms. The number of nitrogens with one attached hydrogen (secondary N) is 4. The first-order valence-electron chi connectivity index (χ1n) is 13.0. The molecule has 3 aromatic carbocycles. The fraction of sp³-hybridized carbons (Fsp3) is 0.300. The predicted molar refractivity (Wildman–Crippen MR) is 155 cm³/mol. The van der Waals surface area contributed by atoms with Crippen molar-refractivity contribution in [2.45, 2.75) is 63.6 Å². The molecule has 39 heavy (non-hydrogen) atoms. The monoisotopic (exact) mass is 546 g/mol. The number of carbonyl (C=O) groups excluding carboxylic acids is 1. The molecule has 0 unspecified atom stereocenters. The molecule has 2 atom stereocenters. The van der Waals surface area contributed by atoms with Crippen LogP contribution in [0.2, 0.25) is 0 Å². The summed E-state index contributed by atoms with van der Waals surface area (Å²) in [4.78, 5) is 16.7. The molecule has 1 aromatic heterocycles. The van der Waals surface area contributed by atoms with E-state index in [0.717, 1.165) is 28.6 Å². The highest BCUT2D eigenvalue weighted by atomic mass is 32.2. The van der Waals surface area contributed by atoms with Gasteiger partial charge in [0.05, 0.1) is 22.6 Å². The number of rotatable bonds is 6. The Hall–Kier alpha value is -3.66. The molecule has 2 heterocycles. The predicted octanol–water partition coefficient (Wildman–Crippen LogP) is 5.18. The van der Waals surface area contributed by atoms with Gasteiger partial charge in [0.1, 0.15) is 0 Å². The summed E-state index contributed by atoms with van der Waals surface area (Å²) in [5.41, 5.74) is 5.51. The summed E-state index contributed by atoms with van der Waals surface area (Å²) in [5, 5.41) is 18.5.